The molecule has 0 N–H and O–H groups in total. The maximum atomic E-state index is 13.7. The molecule has 0 aliphatic carbocycles. The van der Waals surface area contributed by atoms with Gasteiger partial charge in [-0.2, -0.15) is 0 Å². The summed E-state index contributed by atoms with van der Waals surface area (Å²) in [6.07, 6.45) is 0. The number of rotatable bonds is 1. The Labute approximate surface area is 120 Å². The smallest absolute Gasteiger partial charge is 0.196 e. The molecule has 0 saturated heterocycles. The second-order valence-electron chi connectivity index (χ2n) is 4.63. The first kappa shape index (κ1) is 14.6. The number of anilines is 1. The predicted molar refractivity (Wildman–Crippen MR) is 64.3 cm³/mol. The maximum Gasteiger partial charge on any atom is 0.196 e. The lowest BCUT2D eigenvalue weighted by atomic mass is 10.1. The largest absolute Gasteiger partial charge is 0.473 e. The van der Waals surface area contributed by atoms with Crippen molar-refractivity contribution in [2.75, 3.05) is 11.6 Å². The standard InChI is InChI=1S/C14H7F6NO/c15-7-1-2-9(14(20)12(7)18)21-4-6-10(22-5-21)3-8(16)13(19)11(6)17/h1-3H,4-5H2. The first-order chi connectivity index (χ1) is 10.4. The lowest BCUT2D eigenvalue weighted by Gasteiger charge is -2.31. The van der Waals surface area contributed by atoms with Crippen molar-refractivity contribution in [2.24, 2.45) is 0 Å². The second-order valence-corrected chi connectivity index (χ2v) is 4.63. The topological polar surface area (TPSA) is 12.5 Å². The van der Waals surface area contributed by atoms with Gasteiger partial charge in [-0.15, -0.1) is 0 Å². The SMILES string of the molecule is Fc1ccc(N2COc3cc(F)c(F)c(F)c3C2)c(F)c1F. The summed E-state index contributed by atoms with van der Waals surface area (Å²) < 4.78 is 85.0. The first-order valence-electron chi connectivity index (χ1n) is 6.07. The summed E-state index contributed by atoms with van der Waals surface area (Å²) in [5.74, 6) is -9.33. The van der Waals surface area contributed by atoms with Crippen molar-refractivity contribution in [1.82, 2.24) is 0 Å². The Hall–Kier alpha value is -2.38. The van der Waals surface area contributed by atoms with Gasteiger partial charge in [-0.05, 0) is 12.1 Å². The van der Waals surface area contributed by atoms with Gasteiger partial charge in [0.2, 0.25) is 0 Å². The Morgan fingerprint density at radius 2 is 1.50 bits per heavy atom. The Morgan fingerprint density at radius 1 is 0.818 bits per heavy atom. The molecule has 0 saturated carbocycles. The number of hydrogen-bond acceptors (Lipinski definition) is 2. The summed E-state index contributed by atoms with van der Waals surface area (Å²) in [5.41, 5.74) is -0.719. The fourth-order valence-corrected chi connectivity index (χ4v) is 2.19. The Kier molecular flexibility index (Phi) is 3.38. The van der Waals surface area contributed by atoms with Crippen LogP contribution in [0.5, 0.6) is 5.75 Å². The van der Waals surface area contributed by atoms with Gasteiger partial charge < -0.3 is 9.64 Å². The molecule has 1 aliphatic heterocycles. The maximum absolute atomic E-state index is 13.7. The second kappa shape index (κ2) is 5.11. The fraction of sp³-hybridized carbons (Fsp3) is 0.143. The summed E-state index contributed by atoms with van der Waals surface area (Å²) in [4.78, 5) is 1.03. The number of nitrogens with zero attached hydrogens (tertiary/aromatic N) is 1. The summed E-state index contributed by atoms with van der Waals surface area (Å²) in [5, 5.41) is 0. The summed E-state index contributed by atoms with van der Waals surface area (Å²) in [7, 11) is 0. The van der Waals surface area contributed by atoms with E-state index in [2.05, 4.69) is 0 Å². The Bertz CT molecular complexity index is 764. The molecule has 2 aromatic rings. The molecule has 2 aromatic carbocycles. The molecule has 1 aliphatic rings. The zero-order valence-corrected chi connectivity index (χ0v) is 10.8. The van der Waals surface area contributed by atoms with Crippen molar-refractivity contribution in [3.8, 4) is 5.75 Å². The summed E-state index contributed by atoms with van der Waals surface area (Å²) >= 11 is 0. The van der Waals surface area contributed by atoms with E-state index >= 15 is 0 Å². The van der Waals surface area contributed by atoms with E-state index in [-0.39, 0.29) is 30.3 Å². The highest BCUT2D eigenvalue weighted by molar-refractivity contribution is 5.51. The van der Waals surface area contributed by atoms with Crippen LogP contribution in [0, 0.1) is 34.9 Å². The van der Waals surface area contributed by atoms with Crippen LogP contribution in [0.25, 0.3) is 0 Å². The van der Waals surface area contributed by atoms with Crippen LogP contribution < -0.4 is 9.64 Å². The van der Waals surface area contributed by atoms with Gasteiger partial charge in [0.25, 0.3) is 0 Å². The minimum atomic E-state index is -1.69. The Balaban J connectivity index is 2.02. The van der Waals surface area contributed by atoms with Crippen LogP contribution in [0.3, 0.4) is 0 Å². The van der Waals surface area contributed by atoms with E-state index in [1.54, 1.807) is 0 Å². The van der Waals surface area contributed by atoms with E-state index in [1.807, 2.05) is 0 Å². The monoisotopic (exact) mass is 319 g/mol. The number of halogens is 6. The number of ether oxygens (including phenoxy) is 1. The third-order valence-corrected chi connectivity index (χ3v) is 3.30. The fourth-order valence-electron chi connectivity index (χ4n) is 2.19. The molecule has 0 amide bonds. The quantitative estimate of drug-likeness (QED) is 0.584. The molecule has 2 nitrogen and oxygen atoms in total. The van der Waals surface area contributed by atoms with E-state index in [0.717, 1.165) is 11.0 Å². The molecule has 116 valence electrons. The molecule has 0 fully saturated rings. The highest BCUT2D eigenvalue weighted by Gasteiger charge is 2.28. The molecule has 0 radical (unpaired) electrons. The van der Waals surface area contributed by atoms with Crippen LogP contribution in [0.2, 0.25) is 0 Å². The van der Waals surface area contributed by atoms with Crippen molar-refractivity contribution in [2.45, 2.75) is 6.54 Å². The molecular formula is C14H7F6NO. The average Bonchev–Trinajstić information content (AvgIpc) is 2.51. The van der Waals surface area contributed by atoms with E-state index in [0.29, 0.717) is 12.1 Å². The van der Waals surface area contributed by atoms with E-state index in [4.69, 9.17) is 4.74 Å². The van der Waals surface area contributed by atoms with Crippen LogP contribution in [-0.4, -0.2) is 6.73 Å². The van der Waals surface area contributed by atoms with Gasteiger partial charge in [0.15, 0.2) is 41.6 Å². The molecule has 3 rings (SSSR count). The van der Waals surface area contributed by atoms with Gasteiger partial charge in [-0.3, -0.25) is 0 Å². The minimum Gasteiger partial charge on any atom is -0.473 e. The molecule has 0 atom stereocenters. The molecule has 0 aromatic heterocycles. The molecular weight excluding hydrogens is 312 g/mol. The van der Waals surface area contributed by atoms with E-state index in [9.17, 15) is 26.3 Å². The molecule has 1 heterocycles. The highest BCUT2D eigenvalue weighted by atomic mass is 19.2. The van der Waals surface area contributed by atoms with Crippen molar-refractivity contribution in [3.05, 3.63) is 58.7 Å². The molecule has 22 heavy (non-hydrogen) atoms. The van der Waals surface area contributed by atoms with E-state index in [1.165, 1.54) is 0 Å². The van der Waals surface area contributed by atoms with Crippen molar-refractivity contribution < 1.29 is 31.1 Å². The summed E-state index contributed by atoms with van der Waals surface area (Å²) in [6, 6.07) is 2.32. The van der Waals surface area contributed by atoms with E-state index < -0.39 is 34.9 Å². The lowest BCUT2D eigenvalue weighted by molar-refractivity contribution is 0.276. The van der Waals surface area contributed by atoms with Gasteiger partial charge in [0.1, 0.15) is 5.75 Å². The van der Waals surface area contributed by atoms with Crippen LogP contribution in [0.1, 0.15) is 5.56 Å². The minimum absolute atomic E-state index is 0.226. The van der Waals surface area contributed by atoms with Crippen molar-refractivity contribution in [1.29, 1.82) is 0 Å². The van der Waals surface area contributed by atoms with Crippen LogP contribution in [0.15, 0.2) is 18.2 Å². The number of benzene rings is 2. The van der Waals surface area contributed by atoms with Crippen LogP contribution in [0.4, 0.5) is 32.0 Å². The van der Waals surface area contributed by atoms with Crippen molar-refractivity contribution in [3.63, 3.8) is 0 Å². The summed E-state index contributed by atoms with van der Waals surface area (Å²) in [6.45, 7) is -0.750. The first-order valence-corrected chi connectivity index (χ1v) is 6.07. The lowest BCUT2D eigenvalue weighted by Crippen LogP contribution is -2.33. The van der Waals surface area contributed by atoms with Crippen LogP contribution in [-0.2, 0) is 6.54 Å². The Morgan fingerprint density at radius 3 is 2.23 bits per heavy atom. The van der Waals surface area contributed by atoms with Gasteiger partial charge >= 0.3 is 0 Å². The van der Waals surface area contributed by atoms with Gasteiger partial charge in [0, 0.05) is 6.07 Å². The number of fused-ring (bicyclic) bond motifs is 1. The molecule has 0 unspecified atom stereocenters. The molecule has 8 heteroatoms. The molecule has 0 spiro atoms. The van der Waals surface area contributed by atoms with Gasteiger partial charge in [0.05, 0.1) is 17.8 Å². The van der Waals surface area contributed by atoms with Gasteiger partial charge in [-0.25, -0.2) is 26.3 Å². The van der Waals surface area contributed by atoms with Crippen molar-refractivity contribution >= 4 is 5.69 Å². The predicted octanol–water partition coefficient (Wildman–Crippen LogP) is 3.88. The third-order valence-electron chi connectivity index (χ3n) is 3.30. The van der Waals surface area contributed by atoms with Gasteiger partial charge in [-0.1, -0.05) is 0 Å². The highest BCUT2D eigenvalue weighted by Crippen LogP contribution is 2.34. The molecule has 0 bridgehead atoms. The third kappa shape index (κ3) is 2.15. The zero-order chi connectivity index (χ0) is 16.0. The zero-order valence-electron chi connectivity index (χ0n) is 10.8. The number of hydrogen-bond donors (Lipinski definition) is 0. The van der Waals surface area contributed by atoms with Crippen LogP contribution >= 0.6 is 0 Å². The normalized spacial score (nSPS) is 13.8. The average molecular weight is 319 g/mol.